The van der Waals surface area contributed by atoms with Crippen molar-refractivity contribution in [3.05, 3.63) is 48.5 Å². The lowest BCUT2D eigenvalue weighted by Crippen LogP contribution is -2.25. The van der Waals surface area contributed by atoms with Gasteiger partial charge >= 0.3 is 5.97 Å². The van der Waals surface area contributed by atoms with E-state index in [1.165, 1.54) is 49.2 Å². The summed E-state index contributed by atoms with van der Waals surface area (Å²) in [6.07, 6.45) is 8.03. The molecule has 0 saturated heterocycles. The highest BCUT2D eigenvalue weighted by atomic mass is 35.5. The quantitative estimate of drug-likeness (QED) is 0.112. The van der Waals surface area contributed by atoms with Gasteiger partial charge in [-0.2, -0.15) is 0 Å². The van der Waals surface area contributed by atoms with Gasteiger partial charge in [0.1, 0.15) is 11.1 Å². The van der Waals surface area contributed by atoms with Gasteiger partial charge in [0.25, 0.3) is 0 Å². The van der Waals surface area contributed by atoms with Crippen molar-refractivity contribution in [2.24, 2.45) is 5.92 Å². The van der Waals surface area contributed by atoms with Crippen molar-refractivity contribution in [2.75, 3.05) is 5.75 Å². The van der Waals surface area contributed by atoms with Crippen molar-refractivity contribution < 1.29 is 9.53 Å². The first-order valence-electron chi connectivity index (χ1n) is 10.7. The first-order valence-corrected chi connectivity index (χ1v) is 12.1. The topological polar surface area (TPSA) is 26.3 Å². The van der Waals surface area contributed by atoms with Gasteiger partial charge in [-0.1, -0.05) is 77.1 Å². The molecule has 0 bridgehead atoms. The molecule has 0 aliphatic carbocycles. The minimum absolute atomic E-state index is 0.0425. The second-order valence-electron chi connectivity index (χ2n) is 7.73. The van der Waals surface area contributed by atoms with E-state index in [0.29, 0.717) is 5.75 Å². The fourth-order valence-corrected chi connectivity index (χ4v) is 3.93. The third kappa shape index (κ3) is 8.44. The van der Waals surface area contributed by atoms with Gasteiger partial charge in [-0.05, 0) is 53.5 Å². The number of rotatable bonds is 12. The molecule has 0 amide bonds. The lowest BCUT2D eigenvalue weighted by molar-refractivity contribution is -0.134. The Hall–Kier alpha value is -1.45. The van der Waals surface area contributed by atoms with Crippen LogP contribution in [0.1, 0.15) is 59.3 Å². The Bertz CT molecular complexity index is 725. The molecule has 0 fully saturated rings. The van der Waals surface area contributed by atoms with Crippen molar-refractivity contribution in [2.45, 2.75) is 69.6 Å². The third-order valence-electron chi connectivity index (χ3n) is 4.84. The van der Waals surface area contributed by atoms with Crippen LogP contribution in [-0.2, 0) is 4.79 Å². The summed E-state index contributed by atoms with van der Waals surface area (Å²) >= 11 is 7.99. The molecule has 4 heteroatoms. The number of thioether (sulfide) groups is 1. The smallest absolute Gasteiger partial charge is 0.329 e. The van der Waals surface area contributed by atoms with Crippen molar-refractivity contribution in [3.8, 4) is 16.9 Å². The molecule has 0 aliphatic heterocycles. The third-order valence-corrected chi connectivity index (χ3v) is 6.62. The van der Waals surface area contributed by atoms with Crippen LogP contribution in [0, 0.1) is 5.92 Å². The average Bonchev–Trinajstić information content (AvgIpc) is 2.73. The second-order valence-corrected chi connectivity index (χ2v) is 9.37. The Morgan fingerprint density at radius 2 is 1.45 bits per heavy atom. The molecule has 1 unspecified atom stereocenters. The summed E-state index contributed by atoms with van der Waals surface area (Å²) in [5, 5.41) is -0.629. The number of ether oxygens (including phenoxy) is 1. The normalized spacial score (nSPS) is 12.2. The van der Waals surface area contributed by atoms with Gasteiger partial charge in [0, 0.05) is 4.90 Å². The predicted molar refractivity (Wildman–Crippen MR) is 126 cm³/mol. The maximum absolute atomic E-state index is 12.0. The average molecular weight is 433 g/mol. The molecule has 2 aromatic rings. The van der Waals surface area contributed by atoms with Gasteiger partial charge in [0.2, 0.25) is 0 Å². The number of benzene rings is 2. The highest BCUT2D eigenvalue weighted by Crippen LogP contribution is 2.27. The van der Waals surface area contributed by atoms with Crippen molar-refractivity contribution in [1.82, 2.24) is 0 Å². The maximum Gasteiger partial charge on any atom is 0.329 e. The van der Waals surface area contributed by atoms with E-state index in [2.05, 4.69) is 31.2 Å². The lowest BCUT2D eigenvalue weighted by Gasteiger charge is -2.12. The van der Waals surface area contributed by atoms with E-state index in [-0.39, 0.29) is 5.92 Å². The van der Waals surface area contributed by atoms with E-state index >= 15 is 0 Å². The maximum atomic E-state index is 12.0. The van der Waals surface area contributed by atoms with Crippen LogP contribution in [0.4, 0.5) is 0 Å². The molecular weight excluding hydrogens is 400 g/mol. The first-order chi connectivity index (χ1) is 14.0. The Morgan fingerprint density at radius 3 is 2.03 bits per heavy atom. The van der Waals surface area contributed by atoms with Crippen LogP contribution in [0.25, 0.3) is 11.1 Å². The number of alkyl halides is 1. The van der Waals surface area contributed by atoms with E-state index < -0.39 is 11.3 Å². The fraction of sp³-hybridized carbons (Fsp3) is 0.480. The Labute approximate surface area is 185 Å². The number of carbonyl (C=O) groups is 1. The molecule has 29 heavy (non-hydrogen) atoms. The Morgan fingerprint density at radius 1 is 0.897 bits per heavy atom. The van der Waals surface area contributed by atoms with Crippen LogP contribution < -0.4 is 4.74 Å². The van der Waals surface area contributed by atoms with Crippen molar-refractivity contribution >= 4 is 29.3 Å². The number of unbranched alkanes of at least 4 members (excludes halogenated alkanes) is 5. The summed E-state index contributed by atoms with van der Waals surface area (Å²) in [4.78, 5) is 13.3. The van der Waals surface area contributed by atoms with E-state index in [1.807, 2.05) is 49.9 Å². The van der Waals surface area contributed by atoms with Gasteiger partial charge in [0.15, 0.2) is 0 Å². The molecule has 2 rings (SSSR count). The number of esters is 1. The summed E-state index contributed by atoms with van der Waals surface area (Å²) in [6.45, 7) is 6.06. The summed E-state index contributed by atoms with van der Waals surface area (Å²) in [7, 11) is 0. The minimum atomic E-state index is -0.629. The summed E-state index contributed by atoms with van der Waals surface area (Å²) in [5.41, 5.74) is 2.26. The summed E-state index contributed by atoms with van der Waals surface area (Å²) < 4.78 is 5.36. The molecule has 2 nitrogen and oxygen atoms in total. The number of hydrogen-bond acceptors (Lipinski definition) is 3. The van der Waals surface area contributed by atoms with Gasteiger partial charge in [-0.15, -0.1) is 23.4 Å². The van der Waals surface area contributed by atoms with E-state index in [9.17, 15) is 4.79 Å². The van der Waals surface area contributed by atoms with Gasteiger partial charge in [-0.3, -0.25) is 4.79 Å². The molecule has 2 aromatic carbocycles. The molecule has 0 N–H and O–H groups in total. The number of carbonyl (C=O) groups excluding carboxylic acids is 1. The highest BCUT2D eigenvalue weighted by molar-refractivity contribution is 7.99. The SMILES string of the molecule is CCCCCCCCSc1ccc(-c2ccc(OC(=O)C(Cl)C(C)C)cc2)cc1. The Kier molecular flexibility index (Phi) is 10.7. The molecule has 0 saturated carbocycles. The zero-order valence-corrected chi connectivity index (χ0v) is 19.4. The van der Waals surface area contributed by atoms with Crippen LogP contribution in [0.3, 0.4) is 0 Å². The lowest BCUT2D eigenvalue weighted by atomic mass is 10.1. The highest BCUT2D eigenvalue weighted by Gasteiger charge is 2.21. The van der Waals surface area contributed by atoms with Crippen LogP contribution in [-0.4, -0.2) is 17.1 Å². The van der Waals surface area contributed by atoms with E-state index in [1.54, 1.807) is 0 Å². The van der Waals surface area contributed by atoms with E-state index in [0.717, 1.165) is 11.1 Å². The van der Waals surface area contributed by atoms with Gasteiger partial charge in [0.05, 0.1) is 0 Å². The van der Waals surface area contributed by atoms with Gasteiger partial charge < -0.3 is 4.74 Å². The molecular formula is C25H33ClO2S. The van der Waals surface area contributed by atoms with Crippen LogP contribution in [0.2, 0.25) is 0 Å². The zero-order chi connectivity index (χ0) is 21.1. The summed E-state index contributed by atoms with van der Waals surface area (Å²) in [5.74, 6) is 1.35. The number of halogens is 1. The summed E-state index contributed by atoms with van der Waals surface area (Å²) in [6, 6.07) is 16.3. The van der Waals surface area contributed by atoms with Crippen molar-refractivity contribution in [3.63, 3.8) is 0 Å². The molecule has 0 radical (unpaired) electrons. The molecule has 0 aliphatic rings. The van der Waals surface area contributed by atoms with Crippen molar-refractivity contribution in [1.29, 1.82) is 0 Å². The molecule has 1 atom stereocenters. The largest absolute Gasteiger partial charge is 0.425 e. The fourth-order valence-electron chi connectivity index (χ4n) is 2.98. The molecule has 0 aromatic heterocycles. The second kappa shape index (κ2) is 13.0. The Balaban J connectivity index is 1.81. The van der Waals surface area contributed by atoms with Gasteiger partial charge in [-0.25, -0.2) is 0 Å². The van der Waals surface area contributed by atoms with E-state index in [4.69, 9.17) is 16.3 Å². The minimum Gasteiger partial charge on any atom is -0.425 e. The monoisotopic (exact) mass is 432 g/mol. The zero-order valence-electron chi connectivity index (χ0n) is 17.8. The van der Waals surface area contributed by atoms with Crippen LogP contribution in [0.5, 0.6) is 5.75 Å². The standard InChI is InChI=1S/C25H33ClO2S/c1-4-5-6-7-8-9-18-29-23-16-12-21(13-17-23)20-10-14-22(15-11-20)28-25(27)24(26)19(2)3/h10-17,19,24H,4-9,18H2,1-3H3. The van der Waals surface area contributed by atoms with Crippen LogP contribution >= 0.6 is 23.4 Å². The molecule has 0 spiro atoms. The molecule has 0 heterocycles. The molecule has 158 valence electrons. The predicted octanol–water partition coefficient (Wildman–Crippen LogP) is 7.98. The number of hydrogen-bond donors (Lipinski definition) is 0. The van der Waals surface area contributed by atoms with Crippen LogP contribution in [0.15, 0.2) is 53.4 Å². The first kappa shape index (κ1) is 23.8.